The van der Waals surface area contributed by atoms with Crippen LogP contribution in [0.25, 0.3) is 0 Å². The molecule has 0 saturated heterocycles. The molecule has 0 fully saturated rings. The van der Waals surface area contributed by atoms with Gasteiger partial charge in [0.1, 0.15) is 5.82 Å². The Bertz CT molecular complexity index is 720. The lowest BCUT2D eigenvalue weighted by Gasteiger charge is -2.14. The minimum absolute atomic E-state index is 0.0256. The number of amides is 1. The Morgan fingerprint density at radius 1 is 1.22 bits per heavy atom. The Morgan fingerprint density at radius 2 is 1.96 bits per heavy atom. The van der Waals surface area contributed by atoms with Gasteiger partial charge in [0.25, 0.3) is 5.91 Å². The molecule has 0 radical (unpaired) electrons. The number of carbonyl (C=O) groups excluding carboxylic acids is 1. The van der Waals surface area contributed by atoms with Gasteiger partial charge < -0.3 is 14.8 Å². The molecule has 122 valence electrons. The Balaban J connectivity index is 2.35. The largest absolute Gasteiger partial charge is 0.493 e. The number of halogens is 3. The minimum Gasteiger partial charge on any atom is -0.493 e. The molecule has 23 heavy (non-hydrogen) atoms. The van der Waals surface area contributed by atoms with E-state index >= 15 is 0 Å². The second-order valence-corrected chi connectivity index (χ2v) is 4.65. The van der Waals surface area contributed by atoms with Gasteiger partial charge in [-0.1, -0.05) is 12.1 Å². The molecule has 0 bridgehead atoms. The van der Waals surface area contributed by atoms with Crippen molar-refractivity contribution in [1.82, 2.24) is 0 Å². The van der Waals surface area contributed by atoms with Crippen LogP contribution in [0, 0.1) is 12.7 Å². The Labute approximate surface area is 130 Å². The van der Waals surface area contributed by atoms with Crippen LogP contribution in [0.2, 0.25) is 0 Å². The lowest BCUT2D eigenvalue weighted by atomic mass is 10.1. The summed E-state index contributed by atoms with van der Waals surface area (Å²) in [6, 6.07) is 8.34. The van der Waals surface area contributed by atoms with Gasteiger partial charge in [0.15, 0.2) is 11.5 Å². The van der Waals surface area contributed by atoms with E-state index in [9.17, 15) is 18.0 Å². The summed E-state index contributed by atoms with van der Waals surface area (Å²) in [7, 11) is 1.26. The van der Waals surface area contributed by atoms with Crippen LogP contribution in [0.1, 0.15) is 15.9 Å². The van der Waals surface area contributed by atoms with Crippen molar-refractivity contribution in [1.29, 1.82) is 0 Å². The van der Waals surface area contributed by atoms with Gasteiger partial charge in [-0.3, -0.25) is 4.79 Å². The standard InChI is InChI=1S/C16H14F3NO3/c1-9-6-7-12(11(17)8-9)20-15(21)10-4-3-5-13(22-2)14(10)23-16(18)19/h3-8,16H,1-2H3,(H,20,21). The third kappa shape index (κ3) is 3.94. The first kappa shape index (κ1) is 16.7. The first-order chi connectivity index (χ1) is 10.9. The molecule has 4 nitrogen and oxygen atoms in total. The van der Waals surface area contributed by atoms with Crippen LogP contribution in [0.4, 0.5) is 18.9 Å². The average Bonchev–Trinajstić information content (AvgIpc) is 2.49. The van der Waals surface area contributed by atoms with Crippen molar-refractivity contribution in [3.63, 3.8) is 0 Å². The number of para-hydroxylation sites is 1. The molecule has 0 heterocycles. The lowest BCUT2D eigenvalue weighted by Crippen LogP contribution is -2.16. The van der Waals surface area contributed by atoms with Crippen LogP contribution in [0.5, 0.6) is 11.5 Å². The minimum atomic E-state index is -3.13. The maximum Gasteiger partial charge on any atom is 0.387 e. The highest BCUT2D eigenvalue weighted by Gasteiger charge is 2.21. The van der Waals surface area contributed by atoms with Gasteiger partial charge >= 0.3 is 6.61 Å². The van der Waals surface area contributed by atoms with Crippen LogP contribution in [0.15, 0.2) is 36.4 Å². The summed E-state index contributed by atoms with van der Waals surface area (Å²) < 4.78 is 48.2. The van der Waals surface area contributed by atoms with Crippen molar-refractivity contribution in [3.05, 3.63) is 53.3 Å². The van der Waals surface area contributed by atoms with E-state index in [0.29, 0.717) is 5.56 Å². The number of methoxy groups -OCH3 is 1. The third-order valence-electron chi connectivity index (χ3n) is 3.02. The zero-order valence-corrected chi connectivity index (χ0v) is 12.4. The fourth-order valence-corrected chi connectivity index (χ4v) is 1.98. The average molecular weight is 325 g/mol. The highest BCUT2D eigenvalue weighted by Crippen LogP contribution is 2.33. The first-order valence-electron chi connectivity index (χ1n) is 6.61. The number of ether oxygens (including phenoxy) is 2. The molecule has 2 rings (SSSR count). The highest BCUT2D eigenvalue weighted by atomic mass is 19.3. The van der Waals surface area contributed by atoms with E-state index in [-0.39, 0.29) is 17.0 Å². The van der Waals surface area contributed by atoms with Crippen molar-refractivity contribution in [2.24, 2.45) is 0 Å². The number of alkyl halides is 2. The van der Waals surface area contributed by atoms with Crippen LogP contribution in [-0.2, 0) is 0 Å². The fraction of sp³-hybridized carbons (Fsp3) is 0.188. The second-order valence-electron chi connectivity index (χ2n) is 4.65. The molecule has 0 aliphatic carbocycles. The molecule has 2 aromatic rings. The molecule has 0 unspecified atom stereocenters. The van der Waals surface area contributed by atoms with Gasteiger partial charge in [0, 0.05) is 0 Å². The van der Waals surface area contributed by atoms with Crippen molar-refractivity contribution in [3.8, 4) is 11.5 Å². The van der Waals surface area contributed by atoms with Gasteiger partial charge in [0.05, 0.1) is 18.4 Å². The summed E-state index contributed by atoms with van der Waals surface area (Å²) in [5, 5.41) is 2.32. The maximum atomic E-state index is 13.8. The first-order valence-corrected chi connectivity index (χ1v) is 6.61. The summed E-state index contributed by atoms with van der Waals surface area (Å²) in [5.41, 5.74) is 0.430. The van der Waals surface area contributed by atoms with E-state index in [1.165, 1.54) is 37.4 Å². The smallest absolute Gasteiger partial charge is 0.387 e. The third-order valence-corrected chi connectivity index (χ3v) is 3.02. The quantitative estimate of drug-likeness (QED) is 0.904. The number of benzene rings is 2. The molecule has 7 heteroatoms. The van der Waals surface area contributed by atoms with E-state index in [0.717, 1.165) is 0 Å². The van der Waals surface area contributed by atoms with Gasteiger partial charge in [-0.05, 0) is 36.8 Å². The van der Waals surface area contributed by atoms with E-state index in [2.05, 4.69) is 10.1 Å². The normalized spacial score (nSPS) is 10.5. The van der Waals surface area contributed by atoms with E-state index in [1.807, 2.05) is 0 Å². The predicted octanol–water partition coefficient (Wildman–Crippen LogP) is 4.00. The van der Waals surface area contributed by atoms with Gasteiger partial charge in [0.2, 0.25) is 0 Å². The van der Waals surface area contributed by atoms with Crippen molar-refractivity contribution >= 4 is 11.6 Å². The van der Waals surface area contributed by atoms with Gasteiger partial charge in [-0.2, -0.15) is 8.78 Å². The number of rotatable bonds is 5. The summed E-state index contributed by atoms with van der Waals surface area (Å²) in [4.78, 5) is 12.3. The summed E-state index contributed by atoms with van der Waals surface area (Å²) >= 11 is 0. The van der Waals surface area contributed by atoms with Crippen molar-refractivity contribution < 1.29 is 27.4 Å². The summed E-state index contributed by atoms with van der Waals surface area (Å²) in [5.74, 6) is -1.85. The number of carbonyl (C=O) groups is 1. The second kappa shape index (κ2) is 7.04. The van der Waals surface area contributed by atoms with Crippen molar-refractivity contribution in [2.45, 2.75) is 13.5 Å². The zero-order valence-electron chi connectivity index (χ0n) is 12.4. The molecule has 2 aromatic carbocycles. The van der Waals surface area contributed by atoms with Gasteiger partial charge in [-0.25, -0.2) is 4.39 Å². The Kier molecular flexibility index (Phi) is 5.10. The van der Waals surface area contributed by atoms with E-state index in [4.69, 9.17) is 4.74 Å². The van der Waals surface area contributed by atoms with Gasteiger partial charge in [-0.15, -0.1) is 0 Å². The molecule has 0 saturated carbocycles. The van der Waals surface area contributed by atoms with Crippen LogP contribution < -0.4 is 14.8 Å². The monoisotopic (exact) mass is 325 g/mol. The molecular formula is C16H14F3NO3. The maximum absolute atomic E-state index is 13.8. The SMILES string of the molecule is COc1cccc(C(=O)Nc2ccc(C)cc2F)c1OC(F)F. The summed E-state index contributed by atoms with van der Waals surface area (Å²) in [6.45, 7) is -1.43. The molecule has 0 atom stereocenters. The van der Waals surface area contributed by atoms with E-state index < -0.39 is 24.1 Å². The van der Waals surface area contributed by atoms with Crippen molar-refractivity contribution in [2.75, 3.05) is 12.4 Å². The number of hydrogen-bond acceptors (Lipinski definition) is 3. The molecule has 0 aliphatic rings. The van der Waals surface area contributed by atoms with Crippen LogP contribution in [0.3, 0.4) is 0 Å². The number of aryl methyl sites for hydroxylation is 1. The molecule has 1 N–H and O–H groups in total. The number of nitrogens with one attached hydrogen (secondary N) is 1. The predicted molar refractivity (Wildman–Crippen MR) is 78.7 cm³/mol. The fourth-order valence-electron chi connectivity index (χ4n) is 1.98. The zero-order chi connectivity index (χ0) is 17.0. The molecule has 0 aliphatic heterocycles. The lowest BCUT2D eigenvalue weighted by molar-refractivity contribution is -0.0515. The topological polar surface area (TPSA) is 47.6 Å². The number of hydrogen-bond donors (Lipinski definition) is 1. The van der Waals surface area contributed by atoms with Crippen LogP contribution >= 0.6 is 0 Å². The van der Waals surface area contributed by atoms with E-state index in [1.54, 1.807) is 13.0 Å². The summed E-state index contributed by atoms with van der Waals surface area (Å²) in [6.07, 6.45) is 0. The highest BCUT2D eigenvalue weighted by molar-refractivity contribution is 6.06. The molecule has 1 amide bonds. The Hall–Kier alpha value is -2.70. The van der Waals surface area contributed by atoms with Crippen LogP contribution in [-0.4, -0.2) is 19.6 Å². The molecule has 0 spiro atoms. The Morgan fingerprint density at radius 3 is 2.57 bits per heavy atom. The molecule has 0 aromatic heterocycles. The number of anilines is 1. The molecular weight excluding hydrogens is 311 g/mol.